The zero-order valence-corrected chi connectivity index (χ0v) is 14.2. The van der Waals surface area contributed by atoms with Crippen molar-refractivity contribution in [2.24, 2.45) is 11.8 Å². The molecule has 0 aliphatic carbocycles. The summed E-state index contributed by atoms with van der Waals surface area (Å²) in [6, 6.07) is 10.9. The number of nitrogens with zero attached hydrogens (tertiary/aromatic N) is 2. The van der Waals surface area contributed by atoms with Crippen molar-refractivity contribution in [2.75, 3.05) is 39.5 Å². The van der Waals surface area contributed by atoms with Crippen LogP contribution in [0.1, 0.15) is 12.0 Å². The van der Waals surface area contributed by atoms with Gasteiger partial charge in [0.05, 0.1) is 6.26 Å². The lowest BCUT2D eigenvalue weighted by Crippen LogP contribution is -2.51. The third-order valence-corrected chi connectivity index (χ3v) is 4.09. The Hall–Kier alpha value is -0.950. The van der Waals surface area contributed by atoms with Crippen LogP contribution in [0.2, 0.25) is 0 Å². The van der Waals surface area contributed by atoms with Gasteiger partial charge in [0, 0.05) is 32.7 Å². The van der Waals surface area contributed by atoms with Crippen molar-refractivity contribution < 1.29 is 13.0 Å². The molecule has 0 amide bonds. The van der Waals surface area contributed by atoms with Crippen LogP contribution in [0.25, 0.3) is 0 Å². The molecule has 2 bridgehead atoms. The van der Waals surface area contributed by atoms with Crippen molar-refractivity contribution in [3.05, 3.63) is 35.9 Å². The molecule has 2 saturated heterocycles. The smallest absolute Gasteiger partial charge is 0.261 e. The minimum atomic E-state index is -3.67. The number of rotatable bonds is 2. The van der Waals surface area contributed by atoms with Gasteiger partial charge in [-0.25, -0.2) is 0 Å². The fraction of sp³-hybridized carbons (Fsp3) is 0.625. The molecule has 6 heteroatoms. The Labute approximate surface area is 133 Å². The molecule has 2 aliphatic heterocycles. The molecule has 22 heavy (non-hydrogen) atoms. The fourth-order valence-corrected chi connectivity index (χ4v) is 3.62. The number of hydrogen-bond donors (Lipinski definition) is 1. The number of benzene rings is 1. The summed E-state index contributed by atoms with van der Waals surface area (Å²) in [4.78, 5) is 5.17. The second-order valence-corrected chi connectivity index (χ2v) is 8.07. The molecule has 3 rings (SSSR count). The van der Waals surface area contributed by atoms with Gasteiger partial charge in [-0.2, -0.15) is 8.42 Å². The maximum absolute atomic E-state index is 9.19. The molecule has 2 unspecified atom stereocenters. The van der Waals surface area contributed by atoms with E-state index in [4.69, 9.17) is 4.55 Å². The summed E-state index contributed by atoms with van der Waals surface area (Å²) in [5.74, 6) is 1.80. The molecule has 0 spiro atoms. The monoisotopic (exact) mass is 326 g/mol. The summed E-state index contributed by atoms with van der Waals surface area (Å²) < 4.78 is 25.9. The molecular weight excluding hydrogens is 300 g/mol. The predicted octanol–water partition coefficient (Wildman–Crippen LogP) is 1.57. The maximum atomic E-state index is 9.19. The minimum absolute atomic E-state index is 0.715. The second kappa shape index (κ2) is 7.55. The van der Waals surface area contributed by atoms with Crippen LogP contribution < -0.4 is 0 Å². The van der Waals surface area contributed by atoms with Gasteiger partial charge in [0.25, 0.3) is 10.1 Å². The molecule has 2 fully saturated rings. The molecular formula is C16H26N2O3S. The Morgan fingerprint density at radius 3 is 2.09 bits per heavy atom. The van der Waals surface area contributed by atoms with Crippen LogP contribution in [0.4, 0.5) is 0 Å². The molecule has 1 N–H and O–H groups in total. The van der Waals surface area contributed by atoms with Gasteiger partial charge in [-0.3, -0.25) is 9.45 Å². The lowest BCUT2D eigenvalue weighted by molar-refractivity contribution is 0.0392. The van der Waals surface area contributed by atoms with Crippen molar-refractivity contribution >= 4 is 10.1 Å². The van der Waals surface area contributed by atoms with E-state index in [1.165, 1.54) is 38.2 Å². The summed E-state index contributed by atoms with van der Waals surface area (Å²) in [7, 11) is -1.40. The van der Waals surface area contributed by atoms with Crippen molar-refractivity contribution in [3.63, 3.8) is 0 Å². The molecule has 0 saturated carbocycles. The van der Waals surface area contributed by atoms with Gasteiger partial charge in [0.1, 0.15) is 0 Å². The van der Waals surface area contributed by atoms with Crippen LogP contribution in [0.5, 0.6) is 0 Å². The van der Waals surface area contributed by atoms with Crippen LogP contribution in [-0.2, 0) is 16.7 Å². The highest BCUT2D eigenvalue weighted by molar-refractivity contribution is 7.85. The van der Waals surface area contributed by atoms with Crippen LogP contribution in [0.3, 0.4) is 0 Å². The highest BCUT2D eigenvalue weighted by Crippen LogP contribution is 2.28. The molecule has 2 atom stereocenters. The van der Waals surface area contributed by atoms with Crippen molar-refractivity contribution in [1.82, 2.24) is 9.80 Å². The van der Waals surface area contributed by atoms with E-state index >= 15 is 0 Å². The van der Waals surface area contributed by atoms with Crippen LogP contribution in [0.15, 0.2) is 30.3 Å². The number of hydrogen-bond acceptors (Lipinski definition) is 4. The first kappa shape index (κ1) is 17.4. The molecule has 5 nitrogen and oxygen atoms in total. The Morgan fingerprint density at radius 2 is 1.59 bits per heavy atom. The predicted molar refractivity (Wildman–Crippen MR) is 88.3 cm³/mol. The average molecular weight is 326 g/mol. The van der Waals surface area contributed by atoms with Gasteiger partial charge in [0.2, 0.25) is 0 Å². The van der Waals surface area contributed by atoms with Crippen LogP contribution >= 0.6 is 0 Å². The topological polar surface area (TPSA) is 60.9 Å². The van der Waals surface area contributed by atoms with Gasteiger partial charge in [-0.15, -0.1) is 0 Å². The molecule has 1 aromatic rings. The van der Waals surface area contributed by atoms with Gasteiger partial charge >= 0.3 is 0 Å². The first-order valence-electron chi connectivity index (χ1n) is 7.67. The molecule has 124 valence electrons. The standard InChI is InChI=1S/C15H22N2.CH4O3S/c1-16-8-14-7-15(9-16)12-17(11-14)10-13-5-3-2-4-6-13;1-5(2,3)4/h2-6,14-15H,7-12H2,1H3;1H3,(H,2,3,4). The molecule has 1 aromatic carbocycles. The molecule has 2 aliphatic rings. The summed E-state index contributed by atoms with van der Waals surface area (Å²) in [6.45, 7) is 6.30. The van der Waals surface area contributed by atoms with Gasteiger partial charge in [-0.1, -0.05) is 30.3 Å². The van der Waals surface area contributed by atoms with Crippen LogP contribution in [-0.4, -0.2) is 62.3 Å². The quantitative estimate of drug-likeness (QED) is 0.836. The molecule has 0 radical (unpaired) electrons. The maximum Gasteiger partial charge on any atom is 0.261 e. The van der Waals surface area contributed by atoms with E-state index < -0.39 is 10.1 Å². The Morgan fingerprint density at radius 1 is 1.09 bits per heavy atom. The fourth-order valence-electron chi connectivity index (χ4n) is 3.62. The lowest BCUT2D eigenvalue weighted by Gasteiger charge is -2.44. The lowest BCUT2D eigenvalue weighted by atomic mass is 9.85. The van der Waals surface area contributed by atoms with E-state index in [-0.39, 0.29) is 0 Å². The molecule has 2 heterocycles. The second-order valence-electron chi connectivity index (χ2n) is 6.60. The zero-order valence-electron chi connectivity index (χ0n) is 13.4. The number of likely N-dealkylation sites (tertiary alicyclic amines) is 2. The van der Waals surface area contributed by atoms with Crippen molar-refractivity contribution in [1.29, 1.82) is 0 Å². The minimum Gasteiger partial charge on any atom is -0.306 e. The van der Waals surface area contributed by atoms with E-state index in [1.807, 2.05) is 0 Å². The van der Waals surface area contributed by atoms with E-state index in [0.29, 0.717) is 6.26 Å². The van der Waals surface area contributed by atoms with E-state index in [2.05, 4.69) is 47.2 Å². The van der Waals surface area contributed by atoms with E-state index in [9.17, 15) is 8.42 Å². The average Bonchev–Trinajstić information content (AvgIpc) is 2.36. The summed E-state index contributed by atoms with van der Waals surface area (Å²) in [5, 5.41) is 0. The number of piperidine rings is 2. The van der Waals surface area contributed by atoms with Crippen molar-refractivity contribution in [3.8, 4) is 0 Å². The highest BCUT2D eigenvalue weighted by atomic mass is 32.2. The first-order chi connectivity index (χ1) is 10.3. The van der Waals surface area contributed by atoms with E-state index in [0.717, 1.165) is 18.4 Å². The Kier molecular flexibility index (Phi) is 5.97. The SMILES string of the molecule is CN1CC2CC(C1)CN(Cc1ccccc1)C2.CS(=O)(=O)O. The third kappa shape index (κ3) is 6.44. The van der Waals surface area contributed by atoms with E-state index in [1.54, 1.807) is 0 Å². The van der Waals surface area contributed by atoms with Crippen LogP contribution in [0, 0.1) is 11.8 Å². The first-order valence-corrected chi connectivity index (χ1v) is 9.51. The Balaban J connectivity index is 0.000000309. The third-order valence-electron chi connectivity index (χ3n) is 4.09. The zero-order chi connectivity index (χ0) is 16.2. The molecule has 0 aromatic heterocycles. The Bertz CT molecular complexity index is 536. The van der Waals surface area contributed by atoms with Gasteiger partial charge < -0.3 is 4.90 Å². The van der Waals surface area contributed by atoms with Gasteiger partial charge in [0.15, 0.2) is 0 Å². The largest absolute Gasteiger partial charge is 0.306 e. The number of fused-ring (bicyclic) bond motifs is 2. The van der Waals surface area contributed by atoms with Gasteiger partial charge in [-0.05, 0) is 30.9 Å². The summed E-state index contributed by atoms with van der Waals surface area (Å²) in [6.07, 6.45) is 2.17. The highest BCUT2D eigenvalue weighted by Gasteiger charge is 2.32. The van der Waals surface area contributed by atoms with Crippen molar-refractivity contribution in [2.45, 2.75) is 13.0 Å². The normalized spacial score (nSPS) is 26.1. The summed E-state index contributed by atoms with van der Waals surface area (Å²) >= 11 is 0. The summed E-state index contributed by atoms with van der Waals surface area (Å²) in [5.41, 5.74) is 1.46.